The Balaban J connectivity index is 0. The predicted molar refractivity (Wildman–Crippen MR) is 115 cm³/mol. The van der Waals surface area contributed by atoms with E-state index < -0.39 is 5.97 Å². The fourth-order valence-corrected chi connectivity index (χ4v) is 3.41. The molecule has 0 aliphatic carbocycles. The number of allylic oxidation sites excluding steroid dienone is 2. The first-order valence-corrected chi connectivity index (χ1v) is 11.6. The second-order valence-electron chi connectivity index (χ2n) is 7.85. The maximum absolute atomic E-state index is 10.4. The second-order valence-corrected chi connectivity index (χ2v) is 7.85. The first-order valence-electron chi connectivity index (χ1n) is 11.6. The minimum atomic E-state index is -0.654. The van der Waals surface area contributed by atoms with Crippen molar-refractivity contribution in [2.75, 3.05) is 0 Å². The fourth-order valence-electron chi connectivity index (χ4n) is 3.41. The van der Waals surface area contributed by atoms with Gasteiger partial charge in [0.25, 0.3) is 0 Å². The summed E-state index contributed by atoms with van der Waals surface area (Å²) in [5.41, 5.74) is 0. The van der Waals surface area contributed by atoms with E-state index in [4.69, 9.17) is 5.11 Å². The molecule has 0 radical (unpaired) electrons. The zero-order valence-electron chi connectivity index (χ0n) is 18.4. The molecule has 0 rings (SSSR count). The molecule has 3 heteroatoms. The van der Waals surface area contributed by atoms with Crippen LogP contribution in [0.25, 0.3) is 0 Å². The van der Waals surface area contributed by atoms with Crippen LogP contribution < -0.4 is 0 Å². The molecule has 27 heavy (non-hydrogen) atoms. The number of rotatable bonds is 21. The molecule has 2 nitrogen and oxygen atoms in total. The van der Waals surface area contributed by atoms with E-state index in [1.165, 1.54) is 109 Å². The van der Waals surface area contributed by atoms with Crippen LogP contribution in [0, 0.1) is 0 Å². The first-order chi connectivity index (χ1) is 12.8. The van der Waals surface area contributed by atoms with Crippen molar-refractivity contribution < 1.29 is 29.4 Å². The van der Waals surface area contributed by atoms with Gasteiger partial charge in [-0.3, -0.25) is 4.79 Å². The van der Waals surface area contributed by atoms with Crippen LogP contribution in [0.2, 0.25) is 0 Å². The zero-order valence-corrected chi connectivity index (χ0v) is 21.3. The Bertz CT molecular complexity index is 316. The van der Waals surface area contributed by atoms with Gasteiger partial charge < -0.3 is 5.11 Å². The molecule has 0 fully saturated rings. The Kier molecular flexibility index (Phi) is 27.8. The van der Waals surface area contributed by atoms with Gasteiger partial charge in [-0.2, -0.15) is 0 Å². The standard InChI is InChI=1S/C24H46O2.Zn/c1-2-3-4-5-6-7-8-9-10-11-12-13-14-15-16-17-18-19-20-21-22-23-24(25)26;/h9-10H,2-8,11-23H2,1H3,(H,25,26);/b10-9-;. The summed E-state index contributed by atoms with van der Waals surface area (Å²) in [5, 5.41) is 8.57. The summed E-state index contributed by atoms with van der Waals surface area (Å²) >= 11 is 0. The summed E-state index contributed by atoms with van der Waals surface area (Å²) in [6.45, 7) is 2.28. The predicted octanol–water partition coefficient (Wildman–Crippen LogP) is 8.45. The number of hydrogen-bond acceptors (Lipinski definition) is 1. The Morgan fingerprint density at radius 2 is 0.926 bits per heavy atom. The van der Waals surface area contributed by atoms with Crippen molar-refractivity contribution in [3.05, 3.63) is 12.2 Å². The number of hydrogen-bond donors (Lipinski definition) is 1. The Labute approximate surface area is 182 Å². The van der Waals surface area contributed by atoms with E-state index in [1.807, 2.05) is 0 Å². The summed E-state index contributed by atoms with van der Waals surface area (Å²) in [4.78, 5) is 10.4. The van der Waals surface area contributed by atoms with Crippen LogP contribution >= 0.6 is 0 Å². The first kappa shape index (κ1) is 29.0. The minimum absolute atomic E-state index is 0. The normalized spacial score (nSPS) is 11.0. The molecule has 0 bridgehead atoms. The molecular formula is C24H46O2Zn. The van der Waals surface area contributed by atoms with E-state index in [9.17, 15) is 4.79 Å². The quantitative estimate of drug-likeness (QED) is 0.112. The third kappa shape index (κ3) is 28.1. The number of carboxylic acid groups (broad SMARTS) is 1. The molecule has 1 N–H and O–H groups in total. The largest absolute Gasteiger partial charge is 0.481 e. The number of unbranched alkanes of at least 4 members (excludes halogenated alkanes) is 17. The summed E-state index contributed by atoms with van der Waals surface area (Å²) in [6, 6.07) is 0. The van der Waals surface area contributed by atoms with E-state index in [-0.39, 0.29) is 19.5 Å². The maximum atomic E-state index is 10.4. The summed E-state index contributed by atoms with van der Waals surface area (Å²) in [6.07, 6.45) is 30.1. The van der Waals surface area contributed by atoms with E-state index >= 15 is 0 Å². The van der Waals surface area contributed by atoms with Gasteiger partial charge in [0.05, 0.1) is 0 Å². The molecule has 0 saturated carbocycles. The van der Waals surface area contributed by atoms with Gasteiger partial charge in [0.15, 0.2) is 0 Å². The van der Waals surface area contributed by atoms with Gasteiger partial charge in [-0.25, -0.2) is 0 Å². The molecule has 0 heterocycles. The molecule has 0 spiro atoms. The van der Waals surface area contributed by atoms with Crippen LogP contribution in [-0.2, 0) is 24.3 Å². The zero-order chi connectivity index (χ0) is 19.1. The fraction of sp³-hybridized carbons (Fsp3) is 0.875. The Morgan fingerprint density at radius 1 is 0.593 bits per heavy atom. The summed E-state index contributed by atoms with van der Waals surface area (Å²) in [5.74, 6) is -0.654. The van der Waals surface area contributed by atoms with Crippen molar-refractivity contribution in [2.45, 2.75) is 135 Å². The molecule has 0 saturated heterocycles. The molecule has 0 aromatic rings. The van der Waals surface area contributed by atoms with Crippen LogP contribution in [0.15, 0.2) is 12.2 Å². The van der Waals surface area contributed by atoms with E-state index in [1.54, 1.807) is 0 Å². The smallest absolute Gasteiger partial charge is 0.303 e. The van der Waals surface area contributed by atoms with Gasteiger partial charge in [-0.05, 0) is 32.1 Å². The third-order valence-electron chi connectivity index (χ3n) is 5.15. The molecule has 0 atom stereocenters. The van der Waals surface area contributed by atoms with Gasteiger partial charge >= 0.3 is 5.97 Å². The maximum Gasteiger partial charge on any atom is 0.303 e. The number of carbonyl (C=O) groups is 1. The van der Waals surface area contributed by atoms with Gasteiger partial charge in [0.1, 0.15) is 0 Å². The molecule has 0 aromatic heterocycles. The molecule has 0 amide bonds. The molecule has 0 aliphatic rings. The van der Waals surface area contributed by atoms with Gasteiger partial charge in [0.2, 0.25) is 0 Å². The van der Waals surface area contributed by atoms with Crippen molar-refractivity contribution in [1.29, 1.82) is 0 Å². The van der Waals surface area contributed by atoms with Gasteiger partial charge in [-0.1, -0.05) is 109 Å². The van der Waals surface area contributed by atoms with E-state index in [0.29, 0.717) is 6.42 Å². The second kappa shape index (κ2) is 25.8. The van der Waals surface area contributed by atoms with Crippen LogP contribution in [0.1, 0.15) is 135 Å². The van der Waals surface area contributed by atoms with E-state index in [0.717, 1.165) is 12.8 Å². The minimum Gasteiger partial charge on any atom is -0.481 e. The van der Waals surface area contributed by atoms with Crippen LogP contribution in [0.4, 0.5) is 0 Å². The summed E-state index contributed by atoms with van der Waals surface area (Å²) in [7, 11) is 0. The average molecular weight is 432 g/mol. The summed E-state index contributed by atoms with van der Waals surface area (Å²) < 4.78 is 0. The molecule has 0 unspecified atom stereocenters. The molecular weight excluding hydrogens is 386 g/mol. The van der Waals surface area contributed by atoms with Gasteiger partial charge in [0, 0.05) is 25.9 Å². The van der Waals surface area contributed by atoms with Crippen LogP contribution in [-0.4, -0.2) is 11.1 Å². The Morgan fingerprint density at radius 3 is 1.30 bits per heavy atom. The average Bonchev–Trinajstić information content (AvgIpc) is 2.62. The van der Waals surface area contributed by atoms with Crippen molar-refractivity contribution in [2.24, 2.45) is 0 Å². The van der Waals surface area contributed by atoms with Crippen molar-refractivity contribution in [1.82, 2.24) is 0 Å². The molecule has 156 valence electrons. The third-order valence-corrected chi connectivity index (χ3v) is 5.15. The SMILES string of the molecule is CCCCCCCC/C=C\CCCCCCCCCCCCCC(=O)O.[Zn]. The monoisotopic (exact) mass is 430 g/mol. The Hall–Kier alpha value is -0.167. The topological polar surface area (TPSA) is 37.3 Å². The molecule has 0 aliphatic heterocycles. The van der Waals surface area contributed by atoms with Gasteiger partial charge in [-0.15, -0.1) is 0 Å². The van der Waals surface area contributed by atoms with Crippen LogP contribution in [0.3, 0.4) is 0 Å². The van der Waals surface area contributed by atoms with E-state index in [2.05, 4.69) is 19.1 Å². The number of carboxylic acids is 1. The van der Waals surface area contributed by atoms with Crippen molar-refractivity contribution >= 4 is 5.97 Å². The number of aliphatic carboxylic acids is 1. The van der Waals surface area contributed by atoms with Crippen molar-refractivity contribution in [3.63, 3.8) is 0 Å². The molecule has 0 aromatic carbocycles. The van der Waals surface area contributed by atoms with Crippen LogP contribution in [0.5, 0.6) is 0 Å². The van der Waals surface area contributed by atoms with Crippen molar-refractivity contribution in [3.8, 4) is 0 Å².